The van der Waals surface area contributed by atoms with E-state index in [2.05, 4.69) is 32.7 Å². The molecule has 0 aliphatic rings. The summed E-state index contributed by atoms with van der Waals surface area (Å²) in [5, 5.41) is 0. The third-order valence-electron chi connectivity index (χ3n) is 5.48. The van der Waals surface area contributed by atoms with Crippen LogP contribution in [0.3, 0.4) is 0 Å². The van der Waals surface area contributed by atoms with Crippen molar-refractivity contribution in [2.45, 2.75) is 59.2 Å². The van der Waals surface area contributed by atoms with Crippen LogP contribution in [0.1, 0.15) is 40.5 Å². The minimum Gasteiger partial charge on any atom is -0.336 e. The summed E-state index contributed by atoms with van der Waals surface area (Å²) in [6, 6.07) is 14.5. The van der Waals surface area contributed by atoms with E-state index in [0.717, 1.165) is 23.9 Å². The summed E-state index contributed by atoms with van der Waals surface area (Å²) in [5.74, 6) is 0.178. The number of hydrogen-bond acceptors (Lipinski definition) is 2. The second-order valence-corrected chi connectivity index (χ2v) is 7.31. The largest absolute Gasteiger partial charge is 0.336 e. The number of nitrogens with zero attached hydrogens (tertiary/aromatic N) is 3. The number of hydrogen-bond donors (Lipinski definition) is 0. The van der Waals surface area contributed by atoms with Gasteiger partial charge in [-0.1, -0.05) is 38.1 Å². The van der Waals surface area contributed by atoms with E-state index >= 15 is 0 Å². The number of benzene rings is 2. The maximum Gasteiger partial charge on any atom is 0.243 e. The maximum atomic E-state index is 14.5. The van der Waals surface area contributed by atoms with Crippen molar-refractivity contribution in [3.05, 3.63) is 54.3 Å². The lowest BCUT2D eigenvalue weighted by molar-refractivity contribution is -0.136. The van der Waals surface area contributed by atoms with Crippen LogP contribution in [0.25, 0.3) is 22.4 Å². The van der Waals surface area contributed by atoms with Gasteiger partial charge in [-0.25, -0.2) is 9.37 Å². The Morgan fingerprint density at radius 2 is 1.64 bits per heavy atom. The fourth-order valence-electron chi connectivity index (χ4n) is 3.62. The van der Waals surface area contributed by atoms with Gasteiger partial charge in [0.05, 0.1) is 16.6 Å². The molecule has 2 unspecified atom stereocenters. The lowest BCUT2D eigenvalue weighted by Crippen LogP contribution is -2.45. The van der Waals surface area contributed by atoms with Crippen LogP contribution in [0.15, 0.2) is 48.5 Å². The van der Waals surface area contributed by atoms with Gasteiger partial charge in [-0.05, 0) is 51.0 Å². The predicted octanol–water partition coefficient (Wildman–Crippen LogP) is 5.27. The number of rotatable bonds is 7. The molecule has 0 N–H and O–H groups in total. The molecule has 4 nitrogen and oxygen atoms in total. The van der Waals surface area contributed by atoms with Gasteiger partial charge in [0.15, 0.2) is 0 Å². The normalized spacial score (nSPS) is 13.5. The molecule has 0 fully saturated rings. The molecule has 0 radical (unpaired) electrons. The van der Waals surface area contributed by atoms with Crippen LogP contribution in [0.2, 0.25) is 0 Å². The van der Waals surface area contributed by atoms with Crippen LogP contribution in [0, 0.1) is 5.82 Å². The summed E-state index contributed by atoms with van der Waals surface area (Å²) in [4.78, 5) is 19.9. The van der Waals surface area contributed by atoms with Gasteiger partial charge in [0.2, 0.25) is 5.91 Å². The Bertz CT molecular complexity index is 955. The fourth-order valence-corrected chi connectivity index (χ4v) is 3.62. The standard InChI is InChI=1S/C23H28FN3O/c1-5-16(3)27(17(4)6-2)22(28)15-26-21-14-10-9-13-20(21)25-23(26)18-11-7-8-12-19(18)24/h7-14,16-17H,5-6,15H2,1-4H3. The summed E-state index contributed by atoms with van der Waals surface area (Å²) in [6.07, 6.45) is 1.78. The highest BCUT2D eigenvalue weighted by Gasteiger charge is 2.26. The van der Waals surface area contributed by atoms with Crippen LogP contribution in [-0.4, -0.2) is 32.4 Å². The molecule has 0 aliphatic carbocycles. The van der Waals surface area contributed by atoms with Gasteiger partial charge < -0.3 is 9.47 Å². The second-order valence-electron chi connectivity index (χ2n) is 7.31. The first-order chi connectivity index (χ1) is 13.5. The first kappa shape index (κ1) is 20.1. The molecule has 2 aromatic carbocycles. The first-order valence-electron chi connectivity index (χ1n) is 9.99. The number of fused-ring (bicyclic) bond motifs is 1. The smallest absolute Gasteiger partial charge is 0.243 e. The van der Waals surface area contributed by atoms with E-state index in [1.807, 2.05) is 33.7 Å². The Labute approximate surface area is 166 Å². The molecule has 0 saturated heterocycles. The van der Waals surface area contributed by atoms with Crippen molar-refractivity contribution < 1.29 is 9.18 Å². The van der Waals surface area contributed by atoms with Gasteiger partial charge in [-0.15, -0.1) is 0 Å². The summed E-state index contributed by atoms with van der Waals surface area (Å²) in [5.41, 5.74) is 2.00. The SMILES string of the molecule is CCC(C)N(C(=O)Cn1c(-c2ccccc2F)nc2ccccc21)C(C)CC. The summed E-state index contributed by atoms with van der Waals surface area (Å²) < 4.78 is 16.3. The van der Waals surface area contributed by atoms with E-state index in [9.17, 15) is 9.18 Å². The fraction of sp³-hybridized carbons (Fsp3) is 0.391. The first-order valence-corrected chi connectivity index (χ1v) is 9.99. The molecular formula is C23H28FN3O. The molecule has 1 heterocycles. The zero-order valence-corrected chi connectivity index (χ0v) is 17.0. The molecule has 2 atom stereocenters. The molecule has 0 saturated carbocycles. The topological polar surface area (TPSA) is 38.1 Å². The van der Waals surface area contributed by atoms with Gasteiger partial charge in [0.1, 0.15) is 18.2 Å². The Hall–Kier alpha value is -2.69. The summed E-state index contributed by atoms with van der Waals surface area (Å²) in [6.45, 7) is 8.47. The van der Waals surface area contributed by atoms with Crippen molar-refractivity contribution in [2.75, 3.05) is 0 Å². The quantitative estimate of drug-likeness (QED) is 0.559. The molecule has 3 aromatic rings. The number of amides is 1. The average Bonchev–Trinajstić information content (AvgIpc) is 3.06. The van der Waals surface area contributed by atoms with Gasteiger partial charge in [0, 0.05) is 12.1 Å². The van der Waals surface area contributed by atoms with E-state index in [1.165, 1.54) is 6.07 Å². The van der Waals surface area contributed by atoms with Gasteiger partial charge in [-0.3, -0.25) is 4.79 Å². The van der Waals surface area contributed by atoms with Gasteiger partial charge in [0.25, 0.3) is 0 Å². The minimum atomic E-state index is -0.341. The van der Waals surface area contributed by atoms with E-state index in [-0.39, 0.29) is 30.4 Å². The Kier molecular flexibility index (Phi) is 6.12. The van der Waals surface area contributed by atoms with Crippen molar-refractivity contribution >= 4 is 16.9 Å². The molecule has 1 amide bonds. The third-order valence-corrected chi connectivity index (χ3v) is 5.48. The maximum absolute atomic E-state index is 14.5. The van der Waals surface area contributed by atoms with E-state index in [0.29, 0.717) is 11.4 Å². The zero-order valence-electron chi connectivity index (χ0n) is 17.0. The van der Waals surface area contributed by atoms with Crippen LogP contribution >= 0.6 is 0 Å². The monoisotopic (exact) mass is 381 g/mol. The van der Waals surface area contributed by atoms with E-state index < -0.39 is 0 Å². The zero-order chi connectivity index (χ0) is 20.3. The van der Waals surface area contributed by atoms with Crippen LogP contribution < -0.4 is 0 Å². The van der Waals surface area contributed by atoms with Gasteiger partial charge >= 0.3 is 0 Å². The predicted molar refractivity (Wildman–Crippen MR) is 111 cm³/mol. The minimum absolute atomic E-state index is 0.0319. The van der Waals surface area contributed by atoms with Gasteiger partial charge in [-0.2, -0.15) is 0 Å². The number of para-hydroxylation sites is 2. The number of carbonyl (C=O) groups excluding carboxylic acids is 1. The average molecular weight is 381 g/mol. The third kappa shape index (κ3) is 3.79. The highest BCUT2D eigenvalue weighted by Crippen LogP contribution is 2.27. The number of aromatic nitrogens is 2. The molecular weight excluding hydrogens is 353 g/mol. The molecule has 0 bridgehead atoms. The number of imidazole rings is 1. The molecule has 148 valence electrons. The molecule has 0 spiro atoms. The molecule has 0 aliphatic heterocycles. The lowest BCUT2D eigenvalue weighted by atomic mass is 10.1. The van der Waals surface area contributed by atoms with Crippen LogP contribution in [0.4, 0.5) is 4.39 Å². The molecule has 1 aromatic heterocycles. The second kappa shape index (κ2) is 8.55. The van der Waals surface area contributed by atoms with E-state index in [4.69, 9.17) is 0 Å². The molecule has 3 rings (SSSR count). The highest BCUT2D eigenvalue weighted by molar-refractivity contribution is 5.84. The Morgan fingerprint density at radius 3 is 2.29 bits per heavy atom. The lowest BCUT2D eigenvalue weighted by Gasteiger charge is -2.34. The summed E-state index contributed by atoms with van der Waals surface area (Å²) >= 11 is 0. The van der Waals surface area contributed by atoms with Crippen molar-refractivity contribution in [1.82, 2.24) is 14.5 Å². The van der Waals surface area contributed by atoms with Crippen molar-refractivity contribution in [2.24, 2.45) is 0 Å². The molecule has 28 heavy (non-hydrogen) atoms. The molecule has 5 heteroatoms. The van der Waals surface area contributed by atoms with Crippen molar-refractivity contribution in [1.29, 1.82) is 0 Å². The number of carbonyl (C=O) groups is 1. The Balaban J connectivity index is 2.08. The summed E-state index contributed by atoms with van der Waals surface area (Å²) in [7, 11) is 0. The van der Waals surface area contributed by atoms with Crippen molar-refractivity contribution in [3.8, 4) is 11.4 Å². The van der Waals surface area contributed by atoms with Crippen LogP contribution in [0.5, 0.6) is 0 Å². The van der Waals surface area contributed by atoms with Crippen LogP contribution in [-0.2, 0) is 11.3 Å². The Morgan fingerprint density at radius 1 is 1.04 bits per heavy atom. The van der Waals surface area contributed by atoms with E-state index in [1.54, 1.807) is 18.2 Å². The van der Waals surface area contributed by atoms with Crippen molar-refractivity contribution in [3.63, 3.8) is 0 Å². The highest BCUT2D eigenvalue weighted by atomic mass is 19.1. The number of halogens is 1.